The number of rotatable bonds is 4. The van der Waals surface area contributed by atoms with Gasteiger partial charge < -0.3 is 4.74 Å². The van der Waals surface area contributed by atoms with Crippen molar-refractivity contribution >= 4 is 29.9 Å². The Hall–Kier alpha value is 0.269. The third kappa shape index (κ3) is 5.89. The molecule has 0 aromatic heterocycles. The van der Waals surface area contributed by atoms with Gasteiger partial charge in [0.25, 0.3) is 0 Å². The van der Waals surface area contributed by atoms with Gasteiger partial charge in [-0.1, -0.05) is 27.7 Å². The molecule has 0 aliphatic rings. The van der Waals surface area contributed by atoms with E-state index >= 15 is 0 Å². The van der Waals surface area contributed by atoms with Gasteiger partial charge in [-0.05, 0) is 25.7 Å². The molecule has 0 aromatic rings. The summed E-state index contributed by atoms with van der Waals surface area (Å²) >= 11 is 0. The van der Waals surface area contributed by atoms with E-state index in [4.69, 9.17) is 4.74 Å². The second-order valence-corrected chi connectivity index (χ2v) is 4.50. The van der Waals surface area contributed by atoms with E-state index in [-0.39, 0.29) is 41.9 Å². The van der Waals surface area contributed by atoms with Crippen LogP contribution in [0.15, 0.2) is 0 Å². The molecule has 3 heteroatoms. The normalized spacial score (nSPS) is 11.0. The van der Waals surface area contributed by atoms with E-state index in [9.17, 15) is 4.79 Å². The molecule has 0 aliphatic carbocycles. The van der Waals surface area contributed by atoms with Gasteiger partial charge in [-0.15, -0.1) is 0 Å². The molecule has 0 saturated carbocycles. The first kappa shape index (κ1) is 16.7. The predicted octanol–water partition coefficient (Wildman–Crippen LogP) is 1.95. The Balaban J connectivity index is 0. The maximum atomic E-state index is 11.6. The maximum absolute atomic E-state index is 11.6. The van der Waals surface area contributed by atoms with Crippen LogP contribution in [0.2, 0.25) is 0 Å². The fourth-order valence-corrected chi connectivity index (χ4v) is 1.63. The molecule has 14 heavy (non-hydrogen) atoms. The van der Waals surface area contributed by atoms with Gasteiger partial charge in [0.1, 0.15) is 0 Å². The Morgan fingerprint density at radius 1 is 0.929 bits per heavy atom. The number of carbonyl (C=O) groups excluding carboxylic acids is 1. The monoisotopic (exact) mass is 308 g/mol. The van der Waals surface area contributed by atoms with E-state index in [0.717, 1.165) is 0 Å². The van der Waals surface area contributed by atoms with Crippen molar-refractivity contribution in [3.05, 3.63) is 0 Å². The summed E-state index contributed by atoms with van der Waals surface area (Å²) in [5, 5.41) is 0. The van der Waals surface area contributed by atoms with Gasteiger partial charge in [0, 0.05) is 0 Å². The first-order valence-electron chi connectivity index (χ1n) is 5.06. The van der Waals surface area contributed by atoms with Crippen molar-refractivity contribution in [1.82, 2.24) is 0 Å². The fraction of sp³-hybridized carbons (Fsp3) is 0.909. The van der Waals surface area contributed by atoms with E-state index in [1.807, 2.05) is 13.8 Å². The molecule has 0 spiro atoms. The number of esters is 1. The fourth-order valence-electron chi connectivity index (χ4n) is 1.63. The van der Waals surface area contributed by atoms with E-state index < -0.39 is 0 Å². The van der Waals surface area contributed by atoms with E-state index in [1.165, 1.54) is 0 Å². The molecule has 0 amide bonds. The van der Waals surface area contributed by atoms with Crippen LogP contribution in [0.4, 0.5) is 0 Å². The molecule has 2 nitrogen and oxygen atoms in total. The molecule has 0 N–H and O–H groups in total. The molecule has 0 bridgehead atoms. The summed E-state index contributed by atoms with van der Waals surface area (Å²) in [6, 6.07) is 0. The average molecular weight is 307 g/mol. The number of hydrogen-bond acceptors (Lipinski definition) is 2. The average Bonchev–Trinajstić information content (AvgIpc) is 1.81. The quantitative estimate of drug-likeness (QED) is 0.586. The van der Waals surface area contributed by atoms with Crippen LogP contribution in [0.3, 0.4) is 0 Å². The Labute approximate surface area is 105 Å². The zero-order chi connectivity index (χ0) is 10.6. The zero-order valence-corrected chi connectivity index (χ0v) is 14.4. The molecule has 0 heterocycles. The molecule has 2 radical (unpaired) electrons. The van der Waals surface area contributed by atoms with Crippen LogP contribution < -0.4 is 0 Å². The van der Waals surface area contributed by atoms with E-state index in [1.54, 1.807) is 0 Å². The molecule has 0 aliphatic heterocycles. The van der Waals surface area contributed by atoms with Gasteiger partial charge in [-0.2, -0.15) is 0 Å². The third-order valence-corrected chi connectivity index (χ3v) is 2.06. The molecule has 0 aromatic carbocycles. The van der Waals surface area contributed by atoms with Gasteiger partial charge in [0.05, 0.1) is 12.0 Å². The van der Waals surface area contributed by atoms with Crippen LogP contribution in [0.1, 0.15) is 41.5 Å². The summed E-state index contributed by atoms with van der Waals surface area (Å²) in [7, 11) is 0. The molecule has 0 fully saturated rings. The van der Waals surface area contributed by atoms with Crippen LogP contribution in [-0.4, -0.2) is 36.0 Å². The van der Waals surface area contributed by atoms with Crippen LogP contribution in [0.5, 0.6) is 0 Å². The molecule has 0 saturated heterocycles. The summed E-state index contributed by atoms with van der Waals surface area (Å²) < 4.78 is 5.20. The van der Waals surface area contributed by atoms with Gasteiger partial charge in [-0.3, -0.25) is 4.79 Å². The van der Waals surface area contributed by atoms with Crippen LogP contribution in [-0.2, 0) is 9.53 Å². The molecular weight excluding hydrogens is 283 g/mol. The molecule has 0 unspecified atom stereocenters. The Kier molecular flexibility index (Phi) is 9.00. The van der Waals surface area contributed by atoms with Crippen molar-refractivity contribution in [3.8, 4) is 0 Å². The first-order valence-corrected chi connectivity index (χ1v) is 5.06. The van der Waals surface area contributed by atoms with Crippen molar-refractivity contribution in [2.75, 3.05) is 0 Å². The Bertz CT molecular complexity index is 157. The SMILES string of the molecule is CC(C)OC(=O)C(C(C)C)C(C)C.[SnH2]. The van der Waals surface area contributed by atoms with Crippen molar-refractivity contribution in [2.24, 2.45) is 17.8 Å². The molecular formula is C11H24O2Sn. The first-order chi connectivity index (χ1) is 5.86. The number of carbonyl (C=O) groups is 1. The van der Waals surface area contributed by atoms with Crippen LogP contribution >= 0.6 is 0 Å². The minimum atomic E-state index is -0.0556. The molecule has 84 valence electrons. The van der Waals surface area contributed by atoms with Gasteiger partial charge in [0.15, 0.2) is 0 Å². The Morgan fingerprint density at radius 3 is 1.50 bits per heavy atom. The van der Waals surface area contributed by atoms with E-state index in [0.29, 0.717) is 11.8 Å². The summed E-state index contributed by atoms with van der Waals surface area (Å²) in [4.78, 5) is 11.6. The number of ether oxygens (including phenoxy) is 1. The molecule has 0 atom stereocenters. The topological polar surface area (TPSA) is 26.3 Å². The molecule has 0 rings (SSSR count). The summed E-state index contributed by atoms with van der Waals surface area (Å²) in [6.07, 6.45) is -0.00694. The summed E-state index contributed by atoms with van der Waals surface area (Å²) in [5.41, 5.74) is 0. The van der Waals surface area contributed by atoms with Crippen LogP contribution in [0.25, 0.3) is 0 Å². The van der Waals surface area contributed by atoms with E-state index in [2.05, 4.69) is 27.7 Å². The van der Waals surface area contributed by atoms with Gasteiger partial charge in [-0.25, -0.2) is 0 Å². The van der Waals surface area contributed by atoms with Gasteiger partial charge >= 0.3 is 29.9 Å². The summed E-state index contributed by atoms with van der Waals surface area (Å²) in [5.74, 6) is 0.680. The van der Waals surface area contributed by atoms with Crippen molar-refractivity contribution in [3.63, 3.8) is 0 Å². The standard InChI is InChI=1S/C11H22O2.Sn.2H/c1-7(2)10(8(3)4)11(12)13-9(5)6;;;/h7-10H,1-6H3;;;. The Morgan fingerprint density at radius 2 is 1.29 bits per heavy atom. The second-order valence-electron chi connectivity index (χ2n) is 4.50. The minimum absolute atomic E-state index is 0. The van der Waals surface area contributed by atoms with Crippen molar-refractivity contribution in [2.45, 2.75) is 47.6 Å². The second kappa shape index (κ2) is 7.55. The van der Waals surface area contributed by atoms with Crippen molar-refractivity contribution in [1.29, 1.82) is 0 Å². The zero-order valence-electron chi connectivity index (χ0n) is 10.3. The number of hydrogen-bond donors (Lipinski definition) is 0. The predicted molar refractivity (Wildman–Crippen MR) is 62.9 cm³/mol. The van der Waals surface area contributed by atoms with Crippen LogP contribution in [0, 0.1) is 17.8 Å². The third-order valence-electron chi connectivity index (χ3n) is 2.06. The summed E-state index contributed by atoms with van der Waals surface area (Å²) in [6.45, 7) is 12.0. The van der Waals surface area contributed by atoms with Crippen molar-refractivity contribution < 1.29 is 9.53 Å². The van der Waals surface area contributed by atoms with Gasteiger partial charge in [0.2, 0.25) is 0 Å².